The number of halogens is 2. The van der Waals surface area contributed by atoms with E-state index >= 15 is 0 Å². The van der Waals surface area contributed by atoms with E-state index in [1.807, 2.05) is 12.1 Å². The van der Waals surface area contributed by atoms with Crippen molar-refractivity contribution in [1.29, 1.82) is 5.26 Å². The van der Waals surface area contributed by atoms with Crippen LogP contribution < -0.4 is 0 Å². The molecule has 118 valence electrons. The first kappa shape index (κ1) is 17.7. The minimum atomic E-state index is -0.0200. The van der Waals surface area contributed by atoms with Crippen molar-refractivity contribution in [2.45, 2.75) is 11.4 Å². The number of nitriles is 1. The van der Waals surface area contributed by atoms with Crippen LogP contribution in [0, 0.1) is 11.3 Å². The summed E-state index contributed by atoms with van der Waals surface area (Å²) in [5.41, 5.74) is 1.51. The van der Waals surface area contributed by atoms with Crippen LogP contribution in [0.4, 0.5) is 0 Å². The molecule has 2 aromatic carbocycles. The van der Waals surface area contributed by atoms with Crippen LogP contribution in [0.1, 0.15) is 11.1 Å². The van der Waals surface area contributed by atoms with Crippen molar-refractivity contribution in [3.8, 4) is 6.07 Å². The Balaban J connectivity index is 1.95. The van der Waals surface area contributed by atoms with Gasteiger partial charge in [0.2, 0.25) is 5.91 Å². The maximum Gasteiger partial charge on any atom is 0.232 e. The van der Waals surface area contributed by atoms with Gasteiger partial charge in [-0.05, 0) is 35.9 Å². The molecule has 0 atom stereocenters. The molecule has 0 aliphatic rings. The van der Waals surface area contributed by atoms with Gasteiger partial charge in [0.25, 0.3) is 0 Å². The summed E-state index contributed by atoms with van der Waals surface area (Å²) in [5.74, 6) is 0.252. The molecule has 0 saturated heterocycles. The highest BCUT2D eigenvalue weighted by Gasteiger charge is 2.12. The van der Waals surface area contributed by atoms with Gasteiger partial charge in [0.1, 0.15) is 0 Å². The van der Waals surface area contributed by atoms with Crippen molar-refractivity contribution in [2.24, 2.45) is 0 Å². The number of nitrogens with zero attached hydrogens (tertiary/aromatic N) is 2. The molecule has 0 bridgehead atoms. The monoisotopic (exact) mass is 364 g/mol. The second-order valence-electron chi connectivity index (χ2n) is 4.93. The van der Waals surface area contributed by atoms with Crippen LogP contribution in [-0.4, -0.2) is 23.6 Å². The van der Waals surface area contributed by atoms with Crippen molar-refractivity contribution in [2.75, 3.05) is 12.8 Å². The van der Waals surface area contributed by atoms with Gasteiger partial charge in [-0.25, -0.2) is 0 Å². The molecule has 2 aromatic rings. The maximum atomic E-state index is 12.2. The molecule has 0 saturated carbocycles. The third-order valence-corrected chi connectivity index (χ3v) is 4.86. The van der Waals surface area contributed by atoms with Crippen molar-refractivity contribution < 1.29 is 4.79 Å². The van der Waals surface area contributed by atoms with E-state index in [4.69, 9.17) is 28.5 Å². The first-order chi connectivity index (χ1) is 11.0. The number of rotatable bonds is 5. The quantitative estimate of drug-likeness (QED) is 0.727. The van der Waals surface area contributed by atoms with Crippen LogP contribution in [0.2, 0.25) is 10.0 Å². The summed E-state index contributed by atoms with van der Waals surface area (Å²) in [6, 6.07) is 14.5. The molecule has 0 aliphatic heterocycles. The standard InChI is InChI=1S/C17H14Cl2N2OS/c1-21(10-13-4-2-3-12(7-13)9-20)17(22)11-23-16-8-14(18)5-6-15(16)19/h2-8H,10-11H2,1H3. The zero-order valence-corrected chi connectivity index (χ0v) is 14.8. The molecular weight excluding hydrogens is 351 g/mol. The average molecular weight is 365 g/mol. The topological polar surface area (TPSA) is 44.1 Å². The summed E-state index contributed by atoms with van der Waals surface area (Å²) in [4.78, 5) is 14.6. The van der Waals surface area contributed by atoms with Gasteiger partial charge < -0.3 is 4.90 Å². The van der Waals surface area contributed by atoms with Crippen LogP contribution in [-0.2, 0) is 11.3 Å². The maximum absolute atomic E-state index is 12.2. The second kappa shape index (κ2) is 8.26. The zero-order chi connectivity index (χ0) is 16.8. The number of hydrogen-bond donors (Lipinski definition) is 0. The zero-order valence-electron chi connectivity index (χ0n) is 12.4. The van der Waals surface area contributed by atoms with Gasteiger partial charge in [-0.15, -0.1) is 11.8 Å². The van der Waals surface area contributed by atoms with Crippen molar-refractivity contribution in [3.05, 3.63) is 63.6 Å². The lowest BCUT2D eigenvalue weighted by molar-refractivity contribution is -0.127. The van der Waals surface area contributed by atoms with E-state index in [1.165, 1.54) is 11.8 Å². The van der Waals surface area contributed by atoms with Gasteiger partial charge in [-0.1, -0.05) is 35.3 Å². The van der Waals surface area contributed by atoms with E-state index < -0.39 is 0 Å². The third-order valence-electron chi connectivity index (χ3n) is 3.15. The Bertz CT molecular complexity index is 758. The van der Waals surface area contributed by atoms with E-state index in [2.05, 4.69) is 6.07 Å². The molecule has 1 amide bonds. The number of benzene rings is 2. The first-order valence-electron chi connectivity index (χ1n) is 6.80. The van der Waals surface area contributed by atoms with E-state index in [9.17, 15) is 4.79 Å². The van der Waals surface area contributed by atoms with Gasteiger partial charge >= 0.3 is 0 Å². The van der Waals surface area contributed by atoms with Crippen LogP contribution in [0.5, 0.6) is 0 Å². The summed E-state index contributed by atoms with van der Waals surface area (Å²) in [7, 11) is 1.74. The fraction of sp³-hybridized carbons (Fsp3) is 0.176. The molecule has 0 radical (unpaired) electrons. The Labute approximate surface area is 149 Å². The predicted octanol–water partition coefficient (Wildman–Crippen LogP) is 4.62. The third kappa shape index (κ3) is 5.18. The lowest BCUT2D eigenvalue weighted by atomic mass is 10.1. The summed E-state index contributed by atoms with van der Waals surface area (Å²) in [5, 5.41) is 10.1. The van der Waals surface area contributed by atoms with Gasteiger partial charge in [0.15, 0.2) is 0 Å². The fourth-order valence-electron chi connectivity index (χ4n) is 1.94. The smallest absolute Gasteiger partial charge is 0.232 e. The van der Waals surface area contributed by atoms with E-state index in [-0.39, 0.29) is 11.7 Å². The molecule has 0 unspecified atom stereocenters. The first-order valence-corrected chi connectivity index (χ1v) is 8.54. The summed E-state index contributed by atoms with van der Waals surface area (Å²) >= 11 is 13.4. The number of thioether (sulfide) groups is 1. The second-order valence-corrected chi connectivity index (χ2v) is 6.79. The molecule has 6 heteroatoms. The lowest BCUT2D eigenvalue weighted by Gasteiger charge is -2.17. The highest BCUT2D eigenvalue weighted by molar-refractivity contribution is 8.00. The Morgan fingerprint density at radius 2 is 2.04 bits per heavy atom. The van der Waals surface area contributed by atoms with Crippen molar-refractivity contribution in [3.63, 3.8) is 0 Å². The average Bonchev–Trinajstić information content (AvgIpc) is 2.55. The molecular formula is C17H14Cl2N2OS. The Morgan fingerprint density at radius 3 is 2.78 bits per heavy atom. The van der Waals surface area contributed by atoms with Crippen LogP contribution in [0.3, 0.4) is 0 Å². The summed E-state index contributed by atoms with van der Waals surface area (Å²) in [6.07, 6.45) is 0. The highest BCUT2D eigenvalue weighted by atomic mass is 35.5. The predicted molar refractivity (Wildman–Crippen MR) is 94.8 cm³/mol. The molecule has 0 fully saturated rings. The summed E-state index contributed by atoms with van der Waals surface area (Å²) in [6.45, 7) is 0.457. The molecule has 0 N–H and O–H groups in total. The molecule has 3 nitrogen and oxygen atoms in total. The van der Waals surface area contributed by atoms with E-state index in [0.717, 1.165) is 10.5 Å². The van der Waals surface area contributed by atoms with Crippen LogP contribution in [0.25, 0.3) is 0 Å². The number of carbonyl (C=O) groups excluding carboxylic acids is 1. The van der Waals surface area contributed by atoms with Gasteiger partial charge in [-0.2, -0.15) is 5.26 Å². The minimum absolute atomic E-state index is 0.0200. The molecule has 23 heavy (non-hydrogen) atoms. The number of carbonyl (C=O) groups is 1. The Morgan fingerprint density at radius 1 is 1.26 bits per heavy atom. The van der Waals surface area contributed by atoms with Gasteiger partial charge in [-0.3, -0.25) is 4.79 Å². The highest BCUT2D eigenvalue weighted by Crippen LogP contribution is 2.30. The van der Waals surface area contributed by atoms with E-state index in [1.54, 1.807) is 42.3 Å². The minimum Gasteiger partial charge on any atom is -0.341 e. The lowest BCUT2D eigenvalue weighted by Crippen LogP contribution is -2.27. The van der Waals surface area contributed by atoms with Gasteiger partial charge in [0.05, 0.1) is 22.4 Å². The molecule has 0 spiro atoms. The Hall–Kier alpha value is -1.67. The van der Waals surface area contributed by atoms with E-state index in [0.29, 0.717) is 22.2 Å². The molecule has 0 heterocycles. The van der Waals surface area contributed by atoms with Crippen LogP contribution >= 0.6 is 35.0 Å². The SMILES string of the molecule is CN(Cc1cccc(C#N)c1)C(=O)CSc1cc(Cl)ccc1Cl. The van der Waals surface area contributed by atoms with Crippen molar-refractivity contribution >= 4 is 40.9 Å². The molecule has 0 aliphatic carbocycles. The normalized spacial score (nSPS) is 10.2. The molecule has 0 aromatic heterocycles. The largest absolute Gasteiger partial charge is 0.341 e. The number of hydrogen-bond acceptors (Lipinski definition) is 3. The molecule has 2 rings (SSSR count). The van der Waals surface area contributed by atoms with Crippen LogP contribution in [0.15, 0.2) is 47.4 Å². The fourth-order valence-corrected chi connectivity index (χ4v) is 3.37. The van der Waals surface area contributed by atoms with Gasteiger partial charge in [0, 0.05) is 23.5 Å². The van der Waals surface area contributed by atoms with Crippen molar-refractivity contribution in [1.82, 2.24) is 4.90 Å². The number of amides is 1. The summed E-state index contributed by atoms with van der Waals surface area (Å²) < 4.78 is 0. The Kier molecular flexibility index (Phi) is 6.35.